The zero-order valence-electron chi connectivity index (χ0n) is 18.1. The van der Waals surface area contributed by atoms with E-state index < -0.39 is 16.0 Å². The van der Waals surface area contributed by atoms with Crippen LogP contribution in [-0.4, -0.2) is 45.5 Å². The van der Waals surface area contributed by atoms with Crippen LogP contribution in [0.5, 0.6) is 5.75 Å². The van der Waals surface area contributed by atoms with E-state index in [1.54, 1.807) is 19.2 Å². The second kappa shape index (κ2) is 8.89. The van der Waals surface area contributed by atoms with Gasteiger partial charge < -0.3 is 19.8 Å². The van der Waals surface area contributed by atoms with Gasteiger partial charge in [0.15, 0.2) is 0 Å². The number of nitrogens with zero attached hydrogens (tertiary/aromatic N) is 2. The molecule has 0 bridgehead atoms. The molecule has 31 heavy (non-hydrogen) atoms. The number of aryl methyl sites for hydroxylation is 1. The SMILES string of the molecule is CCn1c(-c2ccc(N(CCOC(C)=O)S(C)(=O)=O)cc2)c(N)c2ccc(OC)cc21. The summed E-state index contributed by atoms with van der Waals surface area (Å²) >= 11 is 0. The summed E-state index contributed by atoms with van der Waals surface area (Å²) in [4.78, 5) is 11.0. The van der Waals surface area contributed by atoms with Crippen molar-refractivity contribution in [2.75, 3.05) is 36.6 Å². The molecular formula is C22H27N3O5S. The number of carbonyl (C=O) groups excluding carboxylic acids is 1. The van der Waals surface area contributed by atoms with Gasteiger partial charge in [-0.3, -0.25) is 9.10 Å². The highest BCUT2D eigenvalue weighted by Crippen LogP contribution is 2.38. The molecule has 0 aliphatic heterocycles. The van der Waals surface area contributed by atoms with E-state index in [4.69, 9.17) is 15.2 Å². The number of benzene rings is 2. The van der Waals surface area contributed by atoms with E-state index in [0.717, 1.165) is 34.2 Å². The summed E-state index contributed by atoms with van der Waals surface area (Å²) in [5.41, 5.74) is 10.3. The molecule has 2 N–H and O–H groups in total. The Labute approximate surface area is 182 Å². The van der Waals surface area contributed by atoms with Gasteiger partial charge in [0.25, 0.3) is 0 Å². The van der Waals surface area contributed by atoms with E-state index in [0.29, 0.717) is 17.9 Å². The lowest BCUT2D eigenvalue weighted by Crippen LogP contribution is -2.33. The van der Waals surface area contributed by atoms with Crippen molar-refractivity contribution in [2.45, 2.75) is 20.4 Å². The Morgan fingerprint density at radius 3 is 2.39 bits per heavy atom. The maximum atomic E-state index is 12.2. The van der Waals surface area contributed by atoms with Crippen LogP contribution in [0.25, 0.3) is 22.2 Å². The van der Waals surface area contributed by atoms with E-state index >= 15 is 0 Å². The number of hydrogen-bond acceptors (Lipinski definition) is 6. The minimum Gasteiger partial charge on any atom is -0.497 e. The standard InChI is InChI=1S/C22H27N3O5S/c1-5-24-20-14-18(29-3)10-11-19(20)21(23)22(24)16-6-8-17(9-7-16)25(31(4,27)28)12-13-30-15(2)26/h6-11,14H,5,12-13,23H2,1-4H3. The van der Waals surface area contributed by atoms with Gasteiger partial charge in [0.1, 0.15) is 12.4 Å². The third-order valence-corrected chi connectivity index (χ3v) is 6.25. The molecule has 0 atom stereocenters. The van der Waals surface area contributed by atoms with Crippen molar-refractivity contribution in [3.63, 3.8) is 0 Å². The highest BCUT2D eigenvalue weighted by atomic mass is 32.2. The third-order valence-electron chi connectivity index (χ3n) is 5.06. The molecule has 0 aliphatic carbocycles. The molecule has 0 aliphatic rings. The zero-order valence-corrected chi connectivity index (χ0v) is 18.9. The van der Waals surface area contributed by atoms with Crippen molar-refractivity contribution in [2.24, 2.45) is 0 Å². The molecule has 3 rings (SSSR count). The van der Waals surface area contributed by atoms with Crippen molar-refractivity contribution in [3.8, 4) is 17.0 Å². The van der Waals surface area contributed by atoms with Gasteiger partial charge in [0.05, 0.1) is 42.5 Å². The molecule has 0 fully saturated rings. The van der Waals surface area contributed by atoms with Gasteiger partial charge >= 0.3 is 5.97 Å². The minimum absolute atomic E-state index is 0.0248. The van der Waals surface area contributed by atoms with Crippen LogP contribution in [0.2, 0.25) is 0 Å². The number of rotatable bonds is 8. The monoisotopic (exact) mass is 445 g/mol. The molecule has 9 heteroatoms. The number of ether oxygens (including phenoxy) is 2. The van der Waals surface area contributed by atoms with Gasteiger partial charge in [-0.25, -0.2) is 8.42 Å². The summed E-state index contributed by atoms with van der Waals surface area (Å²) in [5.74, 6) is 0.293. The van der Waals surface area contributed by atoms with Crippen molar-refractivity contribution >= 4 is 38.3 Å². The fourth-order valence-corrected chi connectivity index (χ4v) is 4.58. The molecule has 0 unspecified atom stereocenters. The van der Waals surface area contributed by atoms with Crippen LogP contribution in [0.3, 0.4) is 0 Å². The van der Waals surface area contributed by atoms with Crippen LogP contribution >= 0.6 is 0 Å². The molecule has 0 saturated heterocycles. The number of hydrogen-bond donors (Lipinski definition) is 1. The summed E-state index contributed by atoms with van der Waals surface area (Å²) in [6.45, 7) is 4.04. The number of anilines is 2. The lowest BCUT2D eigenvalue weighted by atomic mass is 10.1. The maximum absolute atomic E-state index is 12.2. The smallest absolute Gasteiger partial charge is 0.302 e. The van der Waals surface area contributed by atoms with Crippen LogP contribution in [0.15, 0.2) is 42.5 Å². The predicted molar refractivity (Wildman–Crippen MR) is 123 cm³/mol. The normalized spacial score (nSPS) is 11.5. The van der Waals surface area contributed by atoms with Crippen LogP contribution < -0.4 is 14.8 Å². The summed E-state index contributed by atoms with van der Waals surface area (Å²) < 4.78 is 38.1. The summed E-state index contributed by atoms with van der Waals surface area (Å²) in [7, 11) is -1.92. The first-order valence-corrected chi connectivity index (χ1v) is 11.7. The largest absolute Gasteiger partial charge is 0.497 e. The first-order valence-electron chi connectivity index (χ1n) is 9.84. The Hall–Kier alpha value is -3.20. The molecule has 0 spiro atoms. The van der Waals surface area contributed by atoms with Crippen LogP contribution in [0.4, 0.5) is 11.4 Å². The topological polar surface area (TPSA) is 104 Å². The molecule has 0 radical (unpaired) electrons. The Kier molecular flexibility index (Phi) is 6.45. The first-order chi connectivity index (χ1) is 14.7. The van der Waals surface area contributed by atoms with E-state index in [-0.39, 0.29) is 13.2 Å². The Morgan fingerprint density at radius 2 is 1.84 bits per heavy atom. The number of fused-ring (bicyclic) bond motifs is 1. The zero-order chi connectivity index (χ0) is 22.8. The number of carbonyl (C=O) groups is 1. The van der Waals surface area contributed by atoms with Gasteiger partial charge in [-0.1, -0.05) is 12.1 Å². The lowest BCUT2D eigenvalue weighted by molar-refractivity contribution is -0.140. The van der Waals surface area contributed by atoms with Gasteiger partial charge in [0, 0.05) is 30.5 Å². The van der Waals surface area contributed by atoms with Crippen molar-refractivity contribution in [3.05, 3.63) is 42.5 Å². The minimum atomic E-state index is -3.54. The van der Waals surface area contributed by atoms with Crippen LogP contribution in [0, 0.1) is 0 Å². The van der Waals surface area contributed by atoms with E-state index in [9.17, 15) is 13.2 Å². The molecule has 0 amide bonds. The van der Waals surface area contributed by atoms with E-state index in [1.165, 1.54) is 11.2 Å². The Morgan fingerprint density at radius 1 is 1.16 bits per heavy atom. The quantitative estimate of drug-likeness (QED) is 0.534. The molecule has 2 aromatic carbocycles. The van der Waals surface area contributed by atoms with Gasteiger partial charge in [0.2, 0.25) is 10.0 Å². The molecule has 1 heterocycles. The number of nitrogen functional groups attached to an aromatic ring is 1. The molecule has 1 aromatic heterocycles. The highest BCUT2D eigenvalue weighted by molar-refractivity contribution is 7.92. The first kappa shape index (κ1) is 22.5. The van der Waals surface area contributed by atoms with Crippen molar-refractivity contribution in [1.82, 2.24) is 4.57 Å². The number of methoxy groups -OCH3 is 1. The summed E-state index contributed by atoms with van der Waals surface area (Å²) in [5, 5.41) is 0.931. The molecule has 166 valence electrons. The van der Waals surface area contributed by atoms with Crippen molar-refractivity contribution in [1.29, 1.82) is 0 Å². The molecule has 3 aromatic rings. The van der Waals surface area contributed by atoms with Crippen LogP contribution in [0.1, 0.15) is 13.8 Å². The maximum Gasteiger partial charge on any atom is 0.302 e. The Balaban J connectivity index is 2.01. The molecule has 8 nitrogen and oxygen atoms in total. The average molecular weight is 446 g/mol. The lowest BCUT2D eigenvalue weighted by Gasteiger charge is -2.22. The van der Waals surface area contributed by atoms with Crippen LogP contribution in [-0.2, 0) is 26.1 Å². The summed E-state index contributed by atoms with van der Waals surface area (Å²) in [6.07, 6.45) is 1.12. The van der Waals surface area contributed by atoms with Gasteiger partial charge in [-0.2, -0.15) is 0 Å². The fourth-order valence-electron chi connectivity index (χ4n) is 3.67. The number of esters is 1. The Bertz CT molecular complexity index is 1200. The van der Waals surface area contributed by atoms with Gasteiger partial charge in [-0.15, -0.1) is 0 Å². The fraction of sp³-hybridized carbons (Fsp3) is 0.318. The second-order valence-corrected chi connectivity index (χ2v) is 9.02. The second-order valence-electron chi connectivity index (χ2n) is 7.11. The van der Waals surface area contributed by atoms with E-state index in [2.05, 4.69) is 4.57 Å². The molecular weight excluding hydrogens is 418 g/mol. The average Bonchev–Trinajstić information content (AvgIpc) is 3.01. The van der Waals surface area contributed by atoms with Gasteiger partial charge in [-0.05, 0) is 31.2 Å². The third kappa shape index (κ3) is 4.61. The number of sulfonamides is 1. The van der Waals surface area contributed by atoms with E-state index in [1.807, 2.05) is 37.3 Å². The highest BCUT2D eigenvalue weighted by Gasteiger charge is 2.20. The summed E-state index contributed by atoms with van der Waals surface area (Å²) in [6, 6.07) is 12.9. The van der Waals surface area contributed by atoms with Crippen molar-refractivity contribution < 1.29 is 22.7 Å². The number of nitrogens with two attached hydrogens (primary N) is 1. The molecule has 0 saturated carbocycles. The number of aromatic nitrogens is 1. The predicted octanol–water partition coefficient (Wildman–Crippen LogP) is 3.25.